The topological polar surface area (TPSA) is 99.2 Å². The van der Waals surface area contributed by atoms with Crippen molar-refractivity contribution >= 4 is 33.7 Å². The number of nitrogens with one attached hydrogen (secondary N) is 1. The number of benzene rings is 1. The van der Waals surface area contributed by atoms with Gasteiger partial charge < -0.3 is 9.90 Å². The molecule has 1 heterocycles. The molecule has 0 spiro atoms. The molecule has 0 aliphatic carbocycles. The molecule has 1 unspecified atom stereocenters. The van der Waals surface area contributed by atoms with E-state index in [0.29, 0.717) is 24.4 Å². The zero-order valence-corrected chi connectivity index (χ0v) is 22.4. The van der Waals surface area contributed by atoms with Gasteiger partial charge in [-0.15, -0.1) is 0 Å². The molecule has 2 rings (SSSR count). The number of hydrogen-bond acceptors (Lipinski definition) is 5. The number of sulfonamides is 1. The molecule has 0 aliphatic rings. The molecular weight excluding hydrogens is 463 g/mol. The second-order valence-corrected chi connectivity index (χ2v) is 9.25. The second-order valence-electron chi connectivity index (χ2n) is 7.05. The first-order valence-electron chi connectivity index (χ1n) is 9.88. The molecule has 0 aliphatic heterocycles. The molecular formula is C22H26ClKN2O4S. The van der Waals surface area contributed by atoms with Crippen molar-refractivity contribution in [3.8, 4) is 0 Å². The van der Waals surface area contributed by atoms with Crippen LogP contribution in [0.25, 0.3) is 6.08 Å². The van der Waals surface area contributed by atoms with Crippen molar-refractivity contribution in [3.05, 3.63) is 65.5 Å². The van der Waals surface area contributed by atoms with Crippen LogP contribution in [0.2, 0.25) is 5.02 Å². The Hall–Kier alpha value is -0.584. The van der Waals surface area contributed by atoms with E-state index in [0.717, 1.165) is 24.8 Å². The van der Waals surface area contributed by atoms with Crippen molar-refractivity contribution < 1.29 is 69.7 Å². The first kappa shape index (κ1) is 28.4. The van der Waals surface area contributed by atoms with Gasteiger partial charge in [0.25, 0.3) is 0 Å². The van der Waals surface area contributed by atoms with Gasteiger partial charge in [0.15, 0.2) is 0 Å². The Kier molecular flexibility index (Phi) is 14.0. The second kappa shape index (κ2) is 15.3. The zero-order chi connectivity index (χ0) is 21.8. The minimum Gasteiger partial charge on any atom is -0.550 e. The minimum atomic E-state index is -3.56. The number of hydrogen-bond donors (Lipinski definition) is 1. The third-order valence-electron chi connectivity index (χ3n) is 4.68. The van der Waals surface area contributed by atoms with Gasteiger partial charge in [-0.3, -0.25) is 4.98 Å². The molecule has 0 amide bonds. The Labute approximate surface area is 232 Å². The number of allylic oxidation sites excluding steroid dienone is 1. The largest absolute Gasteiger partial charge is 1.00 e. The third-order valence-corrected chi connectivity index (χ3v) is 6.40. The molecule has 1 aromatic carbocycles. The van der Waals surface area contributed by atoms with Crippen LogP contribution in [0.4, 0.5) is 0 Å². The molecule has 0 radical (unpaired) electrons. The van der Waals surface area contributed by atoms with Gasteiger partial charge >= 0.3 is 51.4 Å². The maximum atomic E-state index is 12.3. The SMILES string of the molecule is O=C([O-])CCC(C/C=C/c1cccnc1)CCCCNS(=O)(=O)c1ccc(Cl)cc1.[K+]. The van der Waals surface area contributed by atoms with Crippen LogP contribution in [-0.2, 0) is 14.8 Å². The smallest absolute Gasteiger partial charge is 0.550 e. The van der Waals surface area contributed by atoms with E-state index < -0.39 is 16.0 Å². The molecule has 0 fully saturated rings. The molecule has 31 heavy (non-hydrogen) atoms. The molecule has 1 aromatic heterocycles. The van der Waals surface area contributed by atoms with Gasteiger partial charge in [0.05, 0.1) is 4.90 Å². The van der Waals surface area contributed by atoms with E-state index in [9.17, 15) is 18.3 Å². The molecule has 0 saturated carbocycles. The van der Waals surface area contributed by atoms with Gasteiger partial charge in [-0.25, -0.2) is 13.1 Å². The van der Waals surface area contributed by atoms with E-state index in [-0.39, 0.29) is 68.6 Å². The maximum Gasteiger partial charge on any atom is 1.00 e. The predicted molar refractivity (Wildman–Crippen MR) is 116 cm³/mol. The molecule has 0 saturated heterocycles. The Morgan fingerprint density at radius 1 is 1.16 bits per heavy atom. The fraction of sp³-hybridized carbons (Fsp3) is 0.364. The fourth-order valence-corrected chi connectivity index (χ4v) is 4.23. The van der Waals surface area contributed by atoms with E-state index in [4.69, 9.17) is 11.6 Å². The van der Waals surface area contributed by atoms with Crippen LogP contribution in [0.5, 0.6) is 0 Å². The maximum absolute atomic E-state index is 12.3. The Balaban J connectivity index is 0.00000480. The van der Waals surface area contributed by atoms with Gasteiger partial charge in [-0.1, -0.05) is 42.7 Å². The number of aromatic nitrogens is 1. The summed E-state index contributed by atoms with van der Waals surface area (Å²) in [5.74, 6) is -0.851. The molecule has 1 atom stereocenters. The van der Waals surface area contributed by atoms with E-state index in [1.807, 2.05) is 24.3 Å². The minimum absolute atomic E-state index is 0. The Morgan fingerprint density at radius 2 is 1.90 bits per heavy atom. The molecule has 6 nitrogen and oxygen atoms in total. The molecule has 162 valence electrons. The summed E-state index contributed by atoms with van der Waals surface area (Å²) in [6, 6.07) is 9.82. The van der Waals surface area contributed by atoms with Crippen molar-refractivity contribution in [1.29, 1.82) is 0 Å². The molecule has 2 aromatic rings. The van der Waals surface area contributed by atoms with Crippen LogP contribution in [0, 0.1) is 5.92 Å². The first-order valence-corrected chi connectivity index (χ1v) is 11.7. The van der Waals surface area contributed by atoms with Crippen LogP contribution in [0.1, 0.15) is 44.1 Å². The van der Waals surface area contributed by atoms with Gasteiger partial charge in [-0.2, -0.15) is 0 Å². The summed E-state index contributed by atoms with van der Waals surface area (Å²) in [5.41, 5.74) is 0.993. The summed E-state index contributed by atoms with van der Waals surface area (Å²) in [6.45, 7) is 0.323. The summed E-state index contributed by atoms with van der Waals surface area (Å²) in [7, 11) is -3.56. The van der Waals surface area contributed by atoms with Crippen molar-refractivity contribution in [2.75, 3.05) is 6.54 Å². The van der Waals surface area contributed by atoms with Crippen molar-refractivity contribution in [2.24, 2.45) is 5.92 Å². The molecule has 0 bridgehead atoms. The number of nitrogens with zero attached hydrogens (tertiary/aromatic N) is 1. The van der Waals surface area contributed by atoms with E-state index >= 15 is 0 Å². The average Bonchev–Trinajstić information content (AvgIpc) is 2.72. The van der Waals surface area contributed by atoms with E-state index in [1.165, 1.54) is 24.3 Å². The van der Waals surface area contributed by atoms with Gasteiger partial charge in [-0.05, 0) is 67.5 Å². The quantitative estimate of drug-likeness (QED) is 0.326. The number of carboxylic acids is 1. The Bertz CT molecular complexity index is 922. The standard InChI is InChI=1S/C22H27ClN2O4S.K/c23-20-10-12-21(13-11-20)30(28,29)25-16-2-1-5-18(9-14-22(26)27)6-3-7-19-8-4-15-24-17-19;/h3-4,7-8,10-13,15,17-18,25H,1-2,5-6,9,14,16H2,(H,26,27);/q;+1/p-1/b7-3+;. The van der Waals surface area contributed by atoms with Crippen LogP contribution in [-0.4, -0.2) is 25.9 Å². The average molecular weight is 489 g/mol. The van der Waals surface area contributed by atoms with E-state index in [1.54, 1.807) is 12.4 Å². The van der Waals surface area contributed by atoms with Crippen LogP contribution in [0.3, 0.4) is 0 Å². The van der Waals surface area contributed by atoms with Crippen LogP contribution < -0.4 is 61.2 Å². The number of aliphatic carboxylic acids is 1. The first-order chi connectivity index (χ1) is 14.4. The van der Waals surface area contributed by atoms with Gasteiger partial charge in [0.1, 0.15) is 0 Å². The normalized spacial score (nSPS) is 12.4. The predicted octanol–water partition coefficient (Wildman–Crippen LogP) is 0.437. The number of carboxylic acid groups (broad SMARTS) is 1. The number of carbonyl (C=O) groups excluding carboxylic acids is 1. The van der Waals surface area contributed by atoms with E-state index in [2.05, 4.69) is 9.71 Å². The molecule has 9 heteroatoms. The number of rotatable bonds is 13. The number of unbranched alkanes of at least 4 members (excludes halogenated alkanes) is 1. The van der Waals surface area contributed by atoms with Crippen molar-refractivity contribution in [2.45, 2.75) is 43.4 Å². The number of carbonyl (C=O) groups is 1. The number of halogens is 1. The molecule has 1 N–H and O–H groups in total. The number of pyridine rings is 1. The van der Waals surface area contributed by atoms with Crippen molar-refractivity contribution in [3.63, 3.8) is 0 Å². The third kappa shape index (κ3) is 11.7. The Morgan fingerprint density at radius 3 is 2.55 bits per heavy atom. The van der Waals surface area contributed by atoms with Gasteiger partial charge in [0.2, 0.25) is 10.0 Å². The summed E-state index contributed by atoms with van der Waals surface area (Å²) in [4.78, 5) is 15.1. The van der Waals surface area contributed by atoms with Crippen LogP contribution >= 0.6 is 11.6 Å². The zero-order valence-electron chi connectivity index (χ0n) is 17.7. The van der Waals surface area contributed by atoms with Crippen LogP contribution in [0.15, 0.2) is 59.8 Å². The monoisotopic (exact) mass is 488 g/mol. The fourth-order valence-electron chi connectivity index (χ4n) is 3.03. The summed E-state index contributed by atoms with van der Waals surface area (Å²) >= 11 is 5.79. The summed E-state index contributed by atoms with van der Waals surface area (Å²) < 4.78 is 27.1. The van der Waals surface area contributed by atoms with Crippen molar-refractivity contribution in [1.82, 2.24) is 9.71 Å². The summed E-state index contributed by atoms with van der Waals surface area (Å²) in [6.07, 6.45) is 11.1. The van der Waals surface area contributed by atoms with Gasteiger partial charge in [0, 0.05) is 29.9 Å². The summed E-state index contributed by atoms with van der Waals surface area (Å²) in [5, 5.41) is 11.3.